The lowest BCUT2D eigenvalue weighted by Crippen LogP contribution is -2.51. The summed E-state index contributed by atoms with van der Waals surface area (Å²) in [5.41, 5.74) is 6.46. The minimum atomic E-state index is -0.114. The number of ether oxygens (including phenoxy) is 4. The van der Waals surface area contributed by atoms with Crippen LogP contribution in [0.15, 0.2) is 75.7 Å². The Kier molecular flexibility index (Phi) is 16.2. The van der Waals surface area contributed by atoms with E-state index < -0.39 is 0 Å². The molecule has 5 heterocycles. The molecule has 1 amide bonds. The van der Waals surface area contributed by atoms with Crippen molar-refractivity contribution in [2.45, 2.75) is 50.7 Å². The van der Waals surface area contributed by atoms with E-state index in [4.69, 9.17) is 40.5 Å². The molecule has 4 aliphatic rings. The van der Waals surface area contributed by atoms with Crippen LogP contribution in [0.1, 0.15) is 48.1 Å². The van der Waals surface area contributed by atoms with Gasteiger partial charge in [-0.2, -0.15) is 15.2 Å². The summed E-state index contributed by atoms with van der Waals surface area (Å²) in [7, 11) is 0. The van der Waals surface area contributed by atoms with Crippen LogP contribution in [-0.2, 0) is 27.2 Å². The van der Waals surface area contributed by atoms with Crippen molar-refractivity contribution in [3.05, 3.63) is 107 Å². The molecule has 4 aromatic carbocycles. The van der Waals surface area contributed by atoms with Crippen molar-refractivity contribution in [3.63, 3.8) is 0 Å². The van der Waals surface area contributed by atoms with E-state index >= 15 is 0 Å². The van der Waals surface area contributed by atoms with Gasteiger partial charge in [-0.25, -0.2) is 0 Å². The van der Waals surface area contributed by atoms with Gasteiger partial charge in [-0.15, -0.1) is 0 Å². The molecule has 17 heteroatoms. The summed E-state index contributed by atoms with van der Waals surface area (Å²) in [4.78, 5) is 30.1. The molecule has 2 N–H and O–H groups in total. The Hall–Kier alpha value is -4.06. The van der Waals surface area contributed by atoms with Crippen LogP contribution >= 0.6 is 66.1 Å². The second-order valence-electron chi connectivity index (χ2n) is 17.1. The molecule has 67 heavy (non-hydrogen) atoms. The molecule has 2 atom stereocenters. The Morgan fingerprint density at radius 2 is 1.75 bits per heavy atom. The first kappa shape index (κ1) is 48.0. The first-order chi connectivity index (χ1) is 32.7. The number of nitrogens with one attached hydrogen (secondary N) is 2. The summed E-state index contributed by atoms with van der Waals surface area (Å²) >= 11 is 16.3. The lowest BCUT2D eigenvalue weighted by molar-refractivity contribution is -0.110. The number of rotatable bonds is 18. The lowest BCUT2D eigenvalue weighted by Gasteiger charge is -2.37. The number of likely N-dealkylation sites (tertiary alicyclic amines) is 1. The zero-order chi connectivity index (χ0) is 46.3. The van der Waals surface area contributed by atoms with Crippen molar-refractivity contribution in [2.24, 2.45) is 0 Å². The van der Waals surface area contributed by atoms with Crippen molar-refractivity contribution >= 4 is 112 Å². The third-order valence-corrected chi connectivity index (χ3v) is 14.8. The number of piperazine rings is 1. The number of carbonyl (C=O) groups is 1. The maximum absolute atomic E-state index is 12.7. The fourth-order valence-electron chi connectivity index (χ4n) is 9.44. The van der Waals surface area contributed by atoms with Crippen LogP contribution in [0.3, 0.4) is 0 Å². The first-order valence-electron chi connectivity index (χ1n) is 22.9. The maximum Gasteiger partial charge on any atom is 0.318 e. The zero-order valence-corrected chi connectivity index (χ0v) is 43.1. The van der Waals surface area contributed by atoms with Gasteiger partial charge in [0.2, 0.25) is 0 Å². The van der Waals surface area contributed by atoms with E-state index in [1.165, 1.54) is 0 Å². The lowest BCUT2D eigenvalue weighted by atomic mass is 10.0. The molecule has 2 saturated heterocycles. The summed E-state index contributed by atoms with van der Waals surface area (Å²) in [6.07, 6.45) is 6.21. The van der Waals surface area contributed by atoms with E-state index in [0.717, 1.165) is 126 Å². The van der Waals surface area contributed by atoms with E-state index in [2.05, 4.69) is 110 Å². The van der Waals surface area contributed by atoms with Gasteiger partial charge < -0.3 is 39.4 Å². The first-order valence-corrected chi connectivity index (χ1v) is 25.9. The molecule has 5 aromatic rings. The number of fused-ring (bicyclic) bond motifs is 3. The largest absolute Gasteiger partial charge is 0.489 e. The SMILES string of the molecule is N#CC[C@H]1CN(c2nc(OC[C@@H]3CCCN3CCCOCCOCCOc3c(Br)cc(C=C4C(=O)Nc5ccc(I)cc54)cc3Br)nc3c2CCN(c2cccc4cccc(Cl)c24)C3)CCN1. The molecule has 4 aliphatic heterocycles. The molecule has 0 unspecified atom stereocenters. The number of hydrogen-bond acceptors (Lipinski definition) is 12. The number of halogens is 4. The molecule has 0 radical (unpaired) electrons. The number of amides is 1. The molecular weight excluding hydrogens is 1110 g/mol. The molecule has 2 fully saturated rings. The minimum absolute atomic E-state index is 0.0829. The quantitative estimate of drug-likeness (QED) is 0.0491. The molecule has 0 aliphatic carbocycles. The van der Waals surface area contributed by atoms with Crippen LogP contribution in [0.5, 0.6) is 11.8 Å². The van der Waals surface area contributed by atoms with Gasteiger partial charge in [-0.05, 0) is 146 Å². The van der Waals surface area contributed by atoms with E-state index in [1.807, 2.05) is 48.5 Å². The number of nitrogens with zero attached hydrogens (tertiary/aromatic N) is 6. The normalized spacial score (nSPS) is 18.9. The third-order valence-electron chi connectivity index (χ3n) is 12.7. The highest BCUT2D eigenvalue weighted by atomic mass is 127. The van der Waals surface area contributed by atoms with Gasteiger partial charge in [-0.3, -0.25) is 9.69 Å². The van der Waals surface area contributed by atoms with Crippen LogP contribution < -0.4 is 29.9 Å². The number of anilines is 3. The predicted molar refractivity (Wildman–Crippen MR) is 279 cm³/mol. The van der Waals surface area contributed by atoms with E-state index in [0.29, 0.717) is 76.5 Å². The summed E-state index contributed by atoms with van der Waals surface area (Å²) in [6.45, 7) is 8.62. The average Bonchev–Trinajstić information content (AvgIpc) is 3.91. The maximum atomic E-state index is 12.7. The molecule has 9 rings (SSSR count). The summed E-state index contributed by atoms with van der Waals surface area (Å²) in [5.74, 6) is 1.49. The predicted octanol–water partition coefficient (Wildman–Crippen LogP) is 9.51. The molecule has 1 aromatic heterocycles. The Morgan fingerprint density at radius 3 is 2.58 bits per heavy atom. The van der Waals surface area contributed by atoms with Crippen LogP contribution in [0.4, 0.5) is 17.2 Å². The molecule has 0 spiro atoms. The number of nitriles is 1. The standard InChI is InChI=1S/C50H52Br2ClIN8O5/c51-40-26-32(25-39-38-28-34(54)10-11-43(38)57-49(39)63)27-41(52)47(40)66-24-23-65-22-21-64-20-4-17-60-16-3-7-36(60)31-67-50-58-44-30-61(45-9-2-6-33-5-1-8-42(53)46(33)45)18-13-37(44)48(59-50)62-19-15-56-35(29-62)12-14-55/h1-2,5-6,8-11,25-28,35-36,56H,3-4,7,12-13,15-24,29-31H2,(H,57,63)/t35-,36-/m0/s1. The second kappa shape index (κ2) is 22.6. The van der Waals surface area contributed by atoms with Gasteiger partial charge in [0, 0.05) is 88.4 Å². The van der Waals surface area contributed by atoms with Gasteiger partial charge in [0.1, 0.15) is 24.8 Å². The Labute approximate surface area is 426 Å². The number of hydrogen-bond donors (Lipinski definition) is 2. The van der Waals surface area contributed by atoms with E-state index in [1.54, 1.807) is 0 Å². The van der Waals surface area contributed by atoms with Crippen LogP contribution in [0.2, 0.25) is 5.02 Å². The van der Waals surface area contributed by atoms with Gasteiger partial charge in [0.25, 0.3) is 5.91 Å². The molecular formula is C50H52Br2ClIN8O5. The van der Waals surface area contributed by atoms with Crippen LogP contribution in [0.25, 0.3) is 22.4 Å². The summed E-state index contributed by atoms with van der Waals surface area (Å²) < 4.78 is 27.0. The monoisotopic (exact) mass is 1160 g/mol. The number of carbonyl (C=O) groups excluding carboxylic acids is 1. The number of benzene rings is 4. The van der Waals surface area contributed by atoms with Crippen molar-refractivity contribution in [1.82, 2.24) is 20.2 Å². The van der Waals surface area contributed by atoms with Crippen molar-refractivity contribution in [1.29, 1.82) is 5.26 Å². The van der Waals surface area contributed by atoms with Crippen LogP contribution in [-0.4, -0.2) is 112 Å². The topological polar surface area (TPSA) is 137 Å². The van der Waals surface area contributed by atoms with E-state index in [9.17, 15) is 10.1 Å². The van der Waals surface area contributed by atoms with Gasteiger partial charge in [0.05, 0.1) is 58.5 Å². The zero-order valence-electron chi connectivity index (χ0n) is 37.0. The summed E-state index contributed by atoms with van der Waals surface area (Å²) in [6, 6.07) is 25.3. The highest BCUT2D eigenvalue weighted by molar-refractivity contribution is 14.1. The Bertz CT molecular complexity index is 2660. The fourth-order valence-corrected chi connectivity index (χ4v) is 11.7. The fraction of sp³-hybridized carbons (Fsp3) is 0.400. The van der Waals surface area contributed by atoms with Crippen molar-refractivity contribution in [3.8, 4) is 17.8 Å². The molecule has 350 valence electrons. The molecule has 0 bridgehead atoms. The Balaban J connectivity index is 0.731. The average molecular weight is 1170 g/mol. The van der Waals surface area contributed by atoms with Crippen molar-refractivity contribution < 1.29 is 23.7 Å². The van der Waals surface area contributed by atoms with E-state index in [-0.39, 0.29) is 18.0 Å². The highest BCUT2D eigenvalue weighted by Crippen LogP contribution is 2.40. The third kappa shape index (κ3) is 11.5. The van der Waals surface area contributed by atoms with Crippen LogP contribution in [0, 0.1) is 14.9 Å². The molecule has 13 nitrogen and oxygen atoms in total. The summed E-state index contributed by atoms with van der Waals surface area (Å²) in [5, 5.41) is 18.8. The van der Waals surface area contributed by atoms with Crippen molar-refractivity contribution in [2.75, 3.05) is 94.0 Å². The van der Waals surface area contributed by atoms with Gasteiger partial charge >= 0.3 is 6.01 Å². The van der Waals surface area contributed by atoms with Gasteiger partial charge in [0.15, 0.2) is 0 Å². The Morgan fingerprint density at radius 1 is 0.940 bits per heavy atom. The minimum Gasteiger partial charge on any atom is -0.489 e. The molecule has 0 saturated carbocycles. The number of aromatic nitrogens is 2. The van der Waals surface area contributed by atoms with Gasteiger partial charge in [-0.1, -0.05) is 35.9 Å². The highest BCUT2D eigenvalue weighted by Gasteiger charge is 2.31. The smallest absolute Gasteiger partial charge is 0.318 e. The second-order valence-corrected chi connectivity index (χ2v) is 20.4.